The van der Waals surface area contributed by atoms with Crippen LogP contribution in [0.1, 0.15) is 23.2 Å². The van der Waals surface area contributed by atoms with Crippen LogP contribution in [0.5, 0.6) is 0 Å². The maximum Gasteiger partial charge on any atom is 0.355 e. The average molecular weight is 350 g/mol. The first-order valence-electron chi connectivity index (χ1n) is 8.37. The zero-order valence-electron chi connectivity index (χ0n) is 14.5. The Morgan fingerprint density at radius 2 is 2.12 bits per heavy atom. The second-order valence-corrected chi connectivity index (χ2v) is 6.49. The molecule has 1 aromatic carbocycles. The van der Waals surface area contributed by atoms with E-state index in [1.54, 1.807) is 30.1 Å². The number of carbonyl (C=O) groups excluding carboxylic acids is 2. The maximum absolute atomic E-state index is 12.4. The van der Waals surface area contributed by atoms with Gasteiger partial charge in [0, 0.05) is 12.6 Å². The van der Waals surface area contributed by atoms with Crippen LogP contribution < -0.4 is 0 Å². The van der Waals surface area contributed by atoms with Crippen LogP contribution in [0.25, 0.3) is 6.08 Å². The Labute approximate surface area is 150 Å². The molecule has 1 fully saturated rings. The minimum atomic E-state index is -0.472. The lowest BCUT2D eigenvalue weighted by Crippen LogP contribution is -2.52. The summed E-state index contributed by atoms with van der Waals surface area (Å²) in [5.74, 6) is -0.656. The number of esters is 1. The Morgan fingerprint density at radius 3 is 2.81 bits per heavy atom. The third kappa shape index (κ3) is 2.81. The smallest absolute Gasteiger partial charge is 0.355 e. The van der Waals surface area contributed by atoms with Crippen molar-refractivity contribution in [2.75, 3.05) is 0 Å². The largest absolute Gasteiger partial charge is 0.456 e. The van der Waals surface area contributed by atoms with E-state index in [0.29, 0.717) is 23.4 Å². The fourth-order valence-electron chi connectivity index (χ4n) is 3.16. The predicted octanol–water partition coefficient (Wildman–Crippen LogP) is 1.75. The van der Waals surface area contributed by atoms with Crippen molar-refractivity contribution in [3.05, 3.63) is 64.6 Å². The Balaban J connectivity index is 1.41. The van der Waals surface area contributed by atoms with Gasteiger partial charge < -0.3 is 4.74 Å². The Bertz CT molecular complexity index is 940. The average Bonchev–Trinajstić information content (AvgIpc) is 3.22. The molecule has 1 atom stereocenters. The molecule has 7 nitrogen and oxygen atoms in total. The number of hydrogen-bond acceptors (Lipinski definition) is 5. The quantitative estimate of drug-likeness (QED) is 0.477. The summed E-state index contributed by atoms with van der Waals surface area (Å²) in [6, 6.07) is 7.66. The number of rotatable bonds is 4. The molecule has 0 bridgehead atoms. The summed E-state index contributed by atoms with van der Waals surface area (Å²) in [4.78, 5) is 26.3. The standard InChI is InChI=1S/C19H18N4O3/c1-12-3-5-13(6-4-12)11-26-19(25)17-8-7-16-15(18(24)23(16)17)9-14-10-22(2)21-20-14/h3-6,8-10,16H,7,11H2,1-2H3/b15-9-/t16-/m1/s1. The highest BCUT2D eigenvalue weighted by atomic mass is 16.5. The minimum absolute atomic E-state index is 0.119. The van der Waals surface area contributed by atoms with Crippen LogP contribution in [0.4, 0.5) is 0 Å². The number of benzene rings is 1. The Hall–Kier alpha value is -3.22. The van der Waals surface area contributed by atoms with Gasteiger partial charge in [-0.1, -0.05) is 41.1 Å². The predicted molar refractivity (Wildman–Crippen MR) is 93.3 cm³/mol. The maximum atomic E-state index is 12.4. The molecule has 2 aliphatic heterocycles. The summed E-state index contributed by atoms with van der Waals surface area (Å²) in [5.41, 5.74) is 3.66. The minimum Gasteiger partial charge on any atom is -0.456 e. The van der Waals surface area contributed by atoms with Crippen molar-refractivity contribution in [1.29, 1.82) is 0 Å². The number of β-lactam (4-membered cyclic amide) rings is 1. The number of aryl methyl sites for hydroxylation is 2. The molecule has 26 heavy (non-hydrogen) atoms. The molecule has 3 heterocycles. The van der Waals surface area contributed by atoms with Gasteiger partial charge in [-0.15, -0.1) is 5.10 Å². The summed E-state index contributed by atoms with van der Waals surface area (Å²) in [5, 5.41) is 7.82. The molecule has 1 aromatic heterocycles. The van der Waals surface area contributed by atoms with Crippen LogP contribution in [-0.2, 0) is 28.0 Å². The molecular formula is C19H18N4O3. The van der Waals surface area contributed by atoms with Crippen molar-refractivity contribution in [3.8, 4) is 0 Å². The van der Waals surface area contributed by atoms with Crippen LogP contribution in [0.3, 0.4) is 0 Å². The van der Waals surface area contributed by atoms with Gasteiger partial charge in [-0.05, 0) is 25.0 Å². The van der Waals surface area contributed by atoms with Gasteiger partial charge in [-0.3, -0.25) is 14.4 Å². The number of nitrogens with zero attached hydrogens (tertiary/aromatic N) is 4. The summed E-state index contributed by atoms with van der Waals surface area (Å²) in [6.07, 6.45) is 5.83. The zero-order chi connectivity index (χ0) is 18.3. The summed E-state index contributed by atoms with van der Waals surface area (Å²) in [7, 11) is 1.77. The van der Waals surface area contributed by atoms with Crippen molar-refractivity contribution >= 4 is 18.0 Å². The van der Waals surface area contributed by atoms with Gasteiger partial charge in [-0.2, -0.15) is 0 Å². The molecule has 0 spiro atoms. The molecular weight excluding hydrogens is 332 g/mol. The van der Waals surface area contributed by atoms with E-state index in [-0.39, 0.29) is 18.6 Å². The molecule has 0 unspecified atom stereocenters. The number of ether oxygens (including phenoxy) is 1. The number of amides is 1. The van der Waals surface area contributed by atoms with Crippen LogP contribution in [0.2, 0.25) is 0 Å². The van der Waals surface area contributed by atoms with Gasteiger partial charge in [0.15, 0.2) is 0 Å². The van der Waals surface area contributed by atoms with Crippen LogP contribution >= 0.6 is 0 Å². The van der Waals surface area contributed by atoms with E-state index in [0.717, 1.165) is 11.1 Å². The molecule has 2 aromatic rings. The molecule has 0 saturated carbocycles. The van der Waals surface area contributed by atoms with Crippen molar-refractivity contribution in [1.82, 2.24) is 19.9 Å². The van der Waals surface area contributed by atoms with Crippen molar-refractivity contribution in [2.45, 2.75) is 26.0 Å². The van der Waals surface area contributed by atoms with E-state index in [4.69, 9.17) is 4.74 Å². The zero-order valence-corrected chi connectivity index (χ0v) is 14.5. The van der Waals surface area contributed by atoms with Crippen molar-refractivity contribution < 1.29 is 14.3 Å². The third-order valence-corrected chi connectivity index (χ3v) is 4.55. The molecule has 132 valence electrons. The Kier molecular flexibility index (Phi) is 3.91. The third-order valence-electron chi connectivity index (χ3n) is 4.55. The lowest BCUT2D eigenvalue weighted by Gasteiger charge is -2.38. The normalized spacial score (nSPS) is 20.0. The van der Waals surface area contributed by atoms with Crippen molar-refractivity contribution in [3.63, 3.8) is 0 Å². The second-order valence-electron chi connectivity index (χ2n) is 6.49. The van der Waals surface area contributed by atoms with Crippen molar-refractivity contribution in [2.24, 2.45) is 7.05 Å². The summed E-state index contributed by atoms with van der Waals surface area (Å²) in [6.45, 7) is 2.19. The molecule has 1 amide bonds. The fourth-order valence-corrected chi connectivity index (χ4v) is 3.16. The molecule has 1 saturated heterocycles. The molecule has 0 radical (unpaired) electrons. The molecule has 4 rings (SSSR count). The molecule has 2 aliphatic rings. The number of hydrogen-bond donors (Lipinski definition) is 0. The van der Waals surface area contributed by atoms with E-state index < -0.39 is 5.97 Å². The van der Waals surface area contributed by atoms with E-state index in [2.05, 4.69) is 10.3 Å². The van der Waals surface area contributed by atoms with E-state index >= 15 is 0 Å². The number of carbonyl (C=O) groups is 2. The number of aromatic nitrogens is 3. The van der Waals surface area contributed by atoms with Gasteiger partial charge >= 0.3 is 5.97 Å². The van der Waals surface area contributed by atoms with Crippen LogP contribution in [0.15, 0.2) is 47.8 Å². The molecule has 7 heteroatoms. The molecule has 0 N–H and O–H groups in total. The van der Waals surface area contributed by atoms with E-state index in [1.807, 2.05) is 31.2 Å². The number of fused-ring (bicyclic) bond motifs is 1. The van der Waals surface area contributed by atoms with E-state index in [1.165, 1.54) is 4.90 Å². The van der Waals surface area contributed by atoms with Gasteiger partial charge in [0.25, 0.3) is 5.91 Å². The fraction of sp³-hybridized carbons (Fsp3) is 0.263. The van der Waals surface area contributed by atoms with Gasteiger partial charge in [-0.25, -0.2) is 4.79 Å². The van der Waals surface area contributed by atoms with E-state index in [9.17, 15) is 9.59 Å². The van der Waals surface area contributed by atoms with Crippen LogP contribution in [-0.4, -0.2) is 37.8 Å². The molecule has 0 aliphatic carbocycles. The highest BCUT2D eigenvalue weighted by Crippen LogP contribution is 2.39. The monoisotopic (exact) mass is 350 g/mol. The first-order valence-corrected chi connectivity index (χ1v) is 8.37. The summed E-state index contributed by atoms with van der Waals surface area (Å²) < 4.78 is 6.94. The Morgan fingerprint density at radius 1 is 1.35 bits per heavy atom. The summed E-state index contributed by atoms with van der Waals surface area (Å²) >= 11 is 0. The highest BCUT2D eigenvalue weighted by molar-refractivity contribution is 6.11. The SMILES string of the molecule is Cc1ccc(COC(=O)C2=CC[C@@H]3/C(=C/c4cn(C)nn4)C(=O)N23)cc1. The first-order chi connectivity index (χ1) is 12.5. The van der Waals surface area contributed by atoms with Gasteiger partial charge in [0.05, 0.1) is 12.2 Å². The van der Waals surface area contributed by atoms with Gasteiger partial charge in [0.2, 0.25) is 0 Å². The highest BCUT2D eigenvalue weighted by Gasteiger charge is 2.48. The lowest BCUT2D eigenvalue weighted by molar-refractivity contribution is -0.147. The van der Waals surface area contributed by atoms with Crippen LogP contribution in [0, 0.1) is 6.92 Å². The first kappa shape index (κ1) is 16.3. The topological polar surface area (TPSA) is 77.3 Å². The second kappa shape index (κ2) is 6.25. The lowest BCUT2D eigenvalue weighted by atomic mass is 9.94. The van der Waals surface area contributed by atoms with Gasteiger partial charge in [0.1, 0.15) is 18.0 Å².